The van der Waals surface area contributed by atoms with E-state index in [1.807, 2.05) is 0 Å². The Kier molecular flexibility index (Phi) is 4.70. The second-order valence-electron chi connectivity index (χ2n) is 1.82. The van der Waals surface area contributed by atoms with E-state index in [0.717, 1.165) is 6.92 Å². The monoisotopic (exact) mass is 179 g/mol. The van der Waals surface area contributed by atoms with Crippen LogP contribution in [0.4, 0.5) is 8.78 Å². The van der Waals surface area contributed by atoms with Crippen LogP contribution >= 0.6 is 11.6 Å². The van der Waals surface area contributed by atoms with E-state index in [1.54, 1.807) is 0 Å². The molecule has 0 amide bonds. The smallest absolute Gasteiger partial charge is 0.148 e. The topological polar surface area (TPSA) is 12.4 Å². The van der Waals surface area contributed by atoms with Crippen molar-refractivity contribution >= 4 is 18.3 Å². The maximum Gasteiger partial charge on any atom is 0.148 e. The molecule has 0 atom stereocenters. The molecule has 0 fully saturated rings. The molecular formula is C7H8ClF2N. The number of allylic oxidation sites excluding steroid dienone is 4. The van der Waals surface area contributed by atoms with Gasteiger partial charge in [0.05, 0.1) is 17.4 Å². The lowest BCUT2D eigenvalue weighted by molar-refractivity contribution is 0.609. The molecule has 11 heavy (non-hydrogen) atoms. The van der Waals surface area contributed by atoms with Gasteiger partial charge in [-0.05, 0) is 13.6 Å². The highest BCUT2D eigenvalue weighted by Crippen LogP contribution is 2.12. The first-order chi connectivity index (χ1) is 5.11. The summed E-state index contributed by atoms with van der Waals surface area (Å²) in [6.07, 6.45) is 0.715. The minimum Gasteiger partial charge on any atom is -0.265 e. The summed E-state index contributed by atoms with van der Waals surface area (Å²) in [7, 11) is 0. The number of nitrogens with zero attached hydrogens (tertiary/aromatic N) is 1. The molecule has 0 aromatic rings. The van der Waals surface area contributed by atoms with Crippen molar-refractivity contribution in [3.05, 3.63) is 23.4 Å². The van der Waals surface area contributed by atoms with Gasteiger partial charge >= 0.3 is 0 Å². The summed E-state index contributed by atoms with van der Waals surface area (Å²) >= 11 is 5.26. The molecule has 0 spiro atoms. The van der Waals surface area contributed by atoms with Gasteiger partial charge in [0.2, 0.25) is 0 Å². The molecule has 0 bridgehead atoms. The second-order valence-corrected chi connectivity index (χ2v) is 2.08. The molecule has 1 nitrogen and oxygen atoms in total. The quantitative estimate of drug-likeness (QED) is 0.359. The molecule has 0 rings (SSSR count). The molecule has 0 aliphatic carbocycles. The van der Waals surface area contributed by atoms with Crippen LogP contribution in [-0.2, 0) is 0 Å². The number of aliphatic imine (C=N–C) groups is 1. The van der Waals surface area contributed by atoms with Crippen molar-refractivity contribution in [3.63, 3.8) is 0 Å². The summed E-state index contributed by atoms with van der Waals surface area (Å²) in [6, 6.07) is 0. The average Bonchev–Trinajstić information content (AvgIpc) is 1.88. The van der Waals surface area contributed by atoms with E-state index in [9.17, 15) is 8.78 Å². The summed E-state index contributed by atoms with van der Waals surface area (Å²) in [5.41, 5.74) is -0.0522. The van der Waals surface area contributed by atoms with Gasteiger partial charge in [0.15, 0.2) is 0 Å². The van der Waals surface area contributed by atoms with Gasteiger partial charge in [-0.15, -0.1) is 11.6 Å². The summed E-state index contributed by atoms with van der Waals surface area (Å²) in [5.74, 6) is -1.53. The number of hydrogen-bond donors (Lipinski definition) is 0. The third-order valence-electron chi connectivity index (χ3n) is 0.919. The Bertz CT molecular complexity index is 204. The first-order valence-corrected chi connectivity index (χ1v) is 3.40. The maximum atomic E-state index is 12.7. The lowest BCUT2D eigenvalue weighted by Crippen LogP contribution is -1.83. The highest BCUT2D eigenvalue weighted by molar-refractivity contribution is 6.19. The number of alkyl halides is 1. The molecule has 0 aromatic carbocycles. The zero-order valence-corrected chi connectivity index (χ0v) is 6.83. The minimum atomic E-state index is -0.782. The standard InChI is InChI=1S/C7H8ClF2N/c1-5(9)3-6(10)7(4-8)11-2/h3H,2,4H2,1H3/b5-3+,7-6+. The SMILES string of the molecule is C=N/C(CCl)=C(F)\C=C(/C)F. The Balaban J connectivity index is 4.62. The summed E-state index contributed by atoms with van der Waals surface area (Å²) in [5, 5.41) is 0. The van der Waals surface area contributed by atoms with Gasteiger partial charge in [-0.25, -0.2) is 8.78 Å². The molecule has 0 N–H and O–H groups in total. The van der Waals surface area contributed by atoms with E-state index in [0.29, 0.717) is 6.08 Å². The van der Waals surface area contributed by atoms with E-state index in [4.69, 9.17) is 11.6 Å². The third-order valence-corrected chi connectivity index (χ3v) is 1.17. The third kappa shape index (κ3) is 3.88. The van der Waals surface area contributed by atoms with Crippen molar-refractivity contribution in [1.29, 1.82) is 0 Å². The summed E-state index contributed by atoms with van der Waals surface area (Å²) in [4.78, 5) is 3.27. The van der Waals surface area contributed by atoms with Gasteiger partial charge in [0.25, 0.3) is 0 Å². The molecule has 0 unspecified atom stereocenters. The van der Waals surface area contributed by atoms with Crippen LogP contribution in [0.15, 0.2) is 28.4 Å². The van der Waals surface area contributed by atoms with Gasteiger partial charge in [0.1, 0.15) is 5.83 Å². The van der Waals surface area contributed by atoms with E-state index in [1.165, 1.54) is 0 Å². The van der Waals surface area contributed by atoms with Crippen LogP contribution in [0.2, 0.25) is 0 Å². The Morgan fingerprint density at radius 1 is 1.64 bits per heavy atom. The fourth-order valence-corrected chi connectivity index (χ4v) is 0.652. The first-order valence-electron chi connectivity index (χ1n) is 2.87. The lowest BCUT2D eigenvalue weighted by atomic mass is 10.3. The van der Waals surface area contributed by atoms with Crippen LogP contribution in [-0.4, -0.2) is 12.6 Å². The molecule has 62 valence electrons. The predicted molar refractivity (Wildman–Crippen MR) is 43.3 cm³/mol. The fraction of sp³-hybridized carbons (Fsp3) is 0.286. The molecule has 0 saturated carbocycles. The van der Waals surface area contributed by atoms with E-state index in [2.05, 4.69) is 11.7 Å². The van der Waals surface area contributed by atoms with Crippen molar-refractivity contribution in [3.8, 4) is 0 Å². The molecule has 0 saturated heterocycles. The van der Waals surface area contributed by atoms with Crippen LogP contribution < -0.4 is 0 Å². The zero-order valence-electron chi connectivity index (χ0n) is 6.07. The first kappa shape index (κ1) is 10.3. The van der Waals surface area contributed by atoms with E-state index >= 15 is 0 Å². The van der Waals surface area contributed by atoms with Crippen molar-refractivity contribution in [2.45, 2.75) is 6.92 Å². The molecule has 0 aromatic heterocycles. The van der Waals surface area contributed by atoms with Gasteiger partial charge in [0, 0.05) is 6.08 Å². The van der Waals surface area contributed by atoms with Gasteiger partial charge in [-0.3, -0.25) is 4.99 Å². The van der Waals surface area contributed by atoms with Crippen LogP contribution in [0.1, 0.15) is 6.92 Å². The highest BCUT2D eigenvalue weighted by Gasteiger charge is 2.00. The van der Waals surface area contributed by atoms with E-state index < -0.39 is 11.7 Å². The van der Waals surface area contributed by atoms with Crippen LogP contribution in [0.5, 0.6) is 0 Å². The van der Waals surface area contributed by atoms with Crippen molar-refractivity contribution in [1.82, 2.24) is 0 Å². The molecule has 0 aliphatic heterocycles. The maximum absolute atomic E-state index is 12.7. The van der Waals surface area contributed by atoms with Crippen LogP contribution in [0, 0.1) is 0 Å². The van der Waals surface area contributed by atoms with Crippen molar-refractivity contribution in [2.24, 2.45) is 4.99 Å². The van der Waals surface area contributed by atoms with E-state index in [-0.39, 0.29) is 11.6 Å². The Hall–Kier alpha value is -0.700. The average molecular weight is 180 g/mol. The van der Waals surface area contributed by atoms with Gasteiger partial charge < -0.3 is 0 Å². The van der Waals surface area contributed by atoms with Gasteiger partial charge in [-0.2, -0.15) is 0 Å². The summed E-state index contributed by atoms with van der Waals surface area (Å²) < 4.78 is 24.7. The molecule has 0 aliphatic rings. The normalized spacial score (nSPS) is 14.4. The van der Waals surface area contributed by atoms with Crippen molar-refractivity contribution in [2.75, 3.05) is 5.88 Å². The Labute approximate surface area is 69.1 Å². The molecule has 0 radical (unpaired) electrons. The second kappa shape index (κ2) is 5.02. The molecular weight excluding hydrogens is 172 g/mol. The Morgan fingerprint density at radius 3 is 2.45 bits per heavy atom. The van der Waals surface area contributed by atoms with Gasteiger partial charge in [-0.1, -0.05) is 0 Å². The van der Waals surface area contributed by atoms with Crippen LogP contribution in [0.25, 0.3) is 0 Å². The fourth-order valence-electron chi connectivity index (χ4n) is 0.440. The largest absolute Gasteiger partial charge is 0.265 e. The summed E-state index contributed by atoms with van der Waals surface area (Å²) in [6.45, 7) is 4.21. The number of rotatable bonds is 3. The lowest BCUT2D eigenvalue weighted by Gasteiger charge is -1.93. The highest BCUT2D eigenvalue weighted by atomic mass is 35.5. The number of hydrogen-bond acceptors (Lipinski definition) is 1. The minimum absolute atomic E-state index is 0.0522. The van der Waals surface area contributed by atoms with Crippen LogP contribution in [0.3, 0.4) is 0 Å². The predicted octanol–water partition coefficient (Wildman–Crippen LogP) is 2.98. The number of halogens is 3. The molecule has 0 heterocycles. The van der Waals surface area contributed by atoms with Crippen molar-refractivity contribution < 1.29 is 8.78 Å². The molecule has 4 heteroatoms. The Morgan fingerprint density at radius 2 is 2.18 bits per heavy atom. The zero-order chi connectivity index (χ0) is 8.85.